The molecule has 1 amide bonds. The molecular formula is C30H37NO4. The second-order valence-electron chi connectivity index (χ2n) is 10.7. The van der Waals surface area contributed by atoms with E-state index in [9.17, 15) is 9.59 Å². The number of rotatable bonds is 6. The van der Waals surface area contributed by atoms with Crippen molar-refractivity contribution in [2.75, 3.05) is 0 Å². The van der Waals surface area contributed by atoms with Gasteiger partial charge in [-0.2, -0.15) is 0 Å². The second kappa shape index (κ2) is 10.9. The molecule has 1 atom stereocenters. The first-order valence-corrected chi connectivity index (χ1v) is 12.2. The van der Waals surface area contributed by atoms with Crippen LogP contribution in [0.3, 0.4) is 0 Å². The first-order chi connectivity index (χ1) is 16.4. The van der Waals surface area contributed by atoms with Gasteiger partial charge in [0.25, 0.3) is 0 Å². The number of esters is 1. The molecule has 2 aromatic carbocycles. The fourth-order valence-electron chi connectivity index (χ4n) is 4.26. The van der Waals surface area contributed by atoms with Gasteiger partial charge in [0.05, 0.1) is 0 Å². The van der Waals surface area contributed by atoms with Gasteiger partial charge in [0.15, 0.2) is 0 Å². The lowest BCUT2D eigenvalue weighted by molar-refractivity contribution is -0.136. The van der Waals surface area contributed by atoms with Gasteiger partial charge in [0.2, 0.25) is 0 Å². The molecule has 0 bridgehead atoms. The van der Waals surface area contributed by atoms with Crippen LogP contribution >= 0.6 is 0 Å². The Morgan fingerprint density at radius 2 is 1.71 bits per heavy atom. The average Bonchev–Trinajstić information content (AvgIpc) is 2.76. The van der Waals surface area contributed by atoms with Crippen LogP contribution in [0, 0.1) is 5.41 Å². The van der Waals surface area contributed by atoms with Crippen molar-refractivity contribution in [2.24, 2.45) is 5.41 Å². The van der Waals surface area contributed by atoms with E-state index in [1.54, 1.807) is 26.8 Å². The molecule has 0 spiro atoms. The Balaban J connectivity index is 1.87. The molecule has 1 N–H and O–H groups in total. The molecular weight excluding hydrogens is 438 g/mol. The lowest BCUT2D eigenvalue weighted by Crippen LogP contribution is -2.46. The number of para-hydroxylation sites is 1. The van der Waals surface area contributed by atoms with Crippen LogP contribution in [-0.2, 0) is 16.0 Å². The average molecular weight is 476 g/mol. The highest BCUT2D eigenvalue weighted by Gasteiger charge is 2.29. The minimum Gasteiger partial charge on any atom is -0.444 e. The third-order valence-electron chi connectivity index (χ3n) is 6.06. The summed E-state index contributed by atoms with van der Waals surface area (Å²) in [5.74, 6) is -0.0797. The zero-order valence-electron chi connectivity index (χ0n) is 21.7. The standard InChI is InChI=1S/C30H37NO4/c1-21-13-12-18-30(5,6)24(21)20-23-16-10-11-17-26(23)34-27(32)25(19-22-14-8-7-9-15-22)31-28(33)35-29(2,3)4/h7-11,13-17,20,25H,12,18-19H2,1-6H3,(H,31,33)/b24-20+/t25-/m1/s1. The van der Waals surface area contributed by atoms with Crippen LogP contribution in [0.25, 0.3) is 6.08 Å². The molecule has 0 saturated carbocycles. The van der Waals surface area contributed by atoms with Crippen molar-refractivity contribution in [1.29, 1.82) is 0 Å². The summed E-state index contributed by atoms with van der Waals surface area (Å²) < 4.78 is 11.3. The van der Waals surface area contributed by atoms with E-state index in [0.717, 1.165) is 24.0 Å². The number of ether oxygens (including phenoxy) is 2. The fraction of sp³-hybridized carbons (Fsp3) is 0.400. The van der Waals surface area contributed by atoms with E-state index in [1.165, 1.54) is 11.1 Å². The van der Waals surface area contributed by atoms with Gasteiger partial charge in [0.1, 0.15) is 17.4 Å². The van der Waals surface area contributed by atoms with Crippen LogP contribution < -0.4 is 10.1 Å². The molecule has 0 saturated heterocycles. The zero-order chi connectivity index (χ0) is 25.6. The molecule has 186 valence electrons. The topological polar surface area (TPSA) is 64.6 Å². The normalized spacial score (nSPS) is 17.3. The van der Waals surface area contributed by atoms with E-state index in [1.807, 2.05) is 48.5 Å². The summed E-state index contributed by atoms with van der Waals surface area (Å²) in [7, 11) is 0. The third-order valence-corrected chi connectivity index (χ3v) is 6.06. The van der Waals surface area contributed by atoms with E-state index in [-0.39, 0.29) is 11.8 Å². The number of hydrogen-bond acceptors (Lipinski definition) is 4. The van der Waals surface area contributed by atoms with Crippen LogP contribution in [0.5, 0.6) is 5.75 Å². The number of carbonyl (C=O) groups excluding carboxylic acids is 2. The highest BCUT2D eigenvalue weighted by Crippen LogP contribution is 2.42. The number of nitrogens with one attached hydrogen (secondary N) is 1. The first kappa shape index (κ1) is 26.3. The maximum atomic E-state index is 13.3. The molecule has 0 heterocycles. The van der Waals surface area contributed by atoms with Crippen LogP contribution in [0.15, 0.2) is 71.8 Å². The zero-order valence-corrected chi connectivity index (χ0v) is 21.7. The summed E-state index contributed by atoms with van der Waals surface area (Å²) in [4.78, 5) is 25.8. The van der Waals surface area contributed by atoms with Crippen molar-refractivity contribution in [3.63, 3.8) is 0 Å². The number of amides is 1. The van der Waals surface area contributed by atoms with Crippen LogP contribution in [0.4, 0.5) is 4.79 Å². The summed E-state index contributed by atoms with van der Waals surface area (Å²) in [6.45, 7) is 12.0. The molecule has 0 aromatic heterocycles. The molecule has 1 aliphatic rings. The van der Waals surface area contributed by atoms with E-state index >= 15 is 0 Å². The highest BCUT2D eigenvalue weighted by molar-refractivity contribution is 5.84. The predicted molar refractivity (Wildman–Crippen MR) is 140 cm³/mol. The van der Waals surface area contributed by atoms with Gasteiger partial charge in [-0.1, -0.05) is 74.0 Å². The van der Waals surface area contributed by atoms with Gasteiger partial charge in [0, 0.05) is 12.0 Å². The predicted octanol–water partition coefficient (Wildman–Crippen LogP) is 6.88. The second-order valence-corrected chi connectivity index (χ2v) is 10.7. The van der Waals surface area contributed by atoms with Crippen molar-refractivity contribution in [3.8, 4) is 5.75 Å². The summed E-state index contributed by atoms with van der Waals surface area (Å²) in [5.41, 5.74) is 3.57. The van der Waals surface area contributed by atoms with Gasteiger partial charge in [-0.25, -0.2) is 9.59 Å². The minimum absolute atomic E-state index is 0.0318. The maximum absolute atomic E-state index is 13.3. The minimum atomic E-state index is -0.902. The molecule has 0 fully saturated rings. The lowest BCUT2D eigenvalue weighted by Gasteiger charge is -2.32. The van der Waals surface area contributed by atoms with E-state index in [2.05, 4.69) is 38.2 Å². The van der Waals surface area contributed by atoms with Gasteiger partial charge >= 0.3 is 12.1 Å². The summed E-state index contributed by atoms with van der Waals surface area (Å²) in [6, 6.07) is 16.1. The summed E-state index contributed by atoms with van der Waals surface area (Å²) in [6.07, 6.45) is 6.13. The van der Waals surface area contributed by atoms with E-state index in [4.69, 9.17) is 9.47 Å². The highest BCUT2D eigenvalue weighted by atomic mass is 16.6. The molecule has 2 aromatic rings. The Morgan fingerprint density at radius 1 is 1.06 bits per heavy atom. The van der Waals surface area contributed by atoms with Crippen LogP contribution in [0.1, 0.15) is 65.5 Å². The number of benzene rings is 2. The fourth-order valence-corrected chi connectivity index (χ4v) is 4.26. The number of alkyl carbamates (subject to hydrolysis) is 1. The van der Waals surface area contributed by atoms with Crippen molar-refractivity contribution in [2.45, 2.75) is 72.4 Å². The van der Waals surface area contributed by atoms with E-state index < -0.39 is 23.7 Å². The Morgan fingerprint density at radius 3 is 2.37 bits per heavy atom. The van der Waals surface area contributed by atoms with Crippen LogP contribution in [0.2, 0.25) is 0 Å². The van der Waals surface area contributed by atoms with E-state index in [0.29, 0.717) is 5.75 Å². The maximum Gasteiger partial charge on any atom is 0.408 e. The molecule has 0 radical (unpaired) electrons. The quantitative estimate of drug-likeness (QED) is 0.365. The lowest BCUT2D eigenvalue weighted by atomic mass is 9.72. The first-order valence-electron chi connectivity index (χ1n) is 12.2. The molecule has 35 heavy (non-hydrogen) atoms. The SMILES string of the molecule is CC1=CCCC(C)(C)/C1=C/c1ccccc1OC(=O)[C@@H](Cc1ccccc1)NC(=O)OC(C)(C)C. The Kier molecular flexibility index (Phi) is 8.21. The van der Waals surface area contributed by atoms with Crippen molar-refractivity contribution < 1.29 is 19.1 Å². The summed E-state index contributed by atoms with van der Waals surface area (Å²) in [5, 5.41) is 2.70. The number of carbonyl (C=O) groups is 2. The largest absolute Gasteiger partial charge is 0.444 e. The Bertz CT molecular complexity index is 1110. The molecule has 3 rings (SSSR count). The number of allylic oxidation sites excluding steroid dienone is 3. The van der Waals surface area contributed by atoms with Crippen molar-refractivity contribution in [1.82, 2.24) is 5.32 Å². The van der Waals surface area contributed by atoms with Crippen molar-refractivity contribution in [3.05, 3.63) is 82.9 Å². The monoisotopic (exact) mass is 475 g/mol. The molecule has 1 aliphatic carbocycles. The smallest absolute Gasteiger partial charge is 0.408 e. The molecule has 5 heteroatoms. The van der Waals surface area contributed by atoms with Gasteiger partial charge in [-0.15, -0.1) is 0 Å². The molecule has 0 aliphatic heterocycles. The van der Waals surface area contributed by atoms with Crippen molar-refractivity contribution >= 4 is 18.1 Å². The Labute approximate surface area is 209 Å². The molecule has 5 nitrogen and oxygen atoms in total. The van der Waals surface area contributed by atoms with Gasteiger partial charge < -0.3 is 14.8 Å². The van der Waals surface area contributed by atoms with Gasteiger partial charge in [-0.05, 0) is 69.2 Å². The molecule has 0 unspecified atom stereocenters. The third kappa shape index (κ3) is 7.57. The van der Waals surface area contributed by atoms with Gasteiger partial charge in [-0.3, -0.25) is 0 Å². The summed E-state index contributed by atoms with van der Waals surface area (Å²) >= 11 is 0. The van der Waals surface area contributed by atoms with Crippen LogP contribution in [-0.4, -0.2) is 23.7 Å². The Hall–Kier alpha value is -3.34. The number of hydrogen-bond donors (Lipinski definition) is 1.